The molecule has 1 heterocycles. The van der Waals surface area contributed by atoms with Crippen molar-refractivity contribution >= 4 is 5.96 Å². The number of rotatable bonds is 8. The number of ether oxygens (including phenoxy) is 1. The molecule has 2 N–H and O–H groups in total. The van der Waals surface area contributed by atoms with Crippen LogP contribution in [0.3, 0.4) is 0 Å². The van der Waals surface area contributed by atoms with E-state index in [1.54, 1.807) is 0 Å². The molecule has 2 rings (SSSR count). The van der Waals surface area contributed by atoms with E-state index in [1.165, 1.54) is 11.1 Å². The molecule has 0 spiro atoms. The lowest BCUT2D eigenvalue weighted by Gasteiger charge is -2.12. The Bertz CT molecular complexity index is 650. The first kappa shape index (κ1) is 18.8. The topological polar surface area (TPSA) is 58.5 Å². The van der Waals surface area contributed by atoms with Crippen molar-refractivity contribution in [2.24, 2.45) is 4.99 Å². The quantitative estimate of drug-likeness (QED) is 0.441. The smallest absolute Gasteiger partial charge is 0.191 e. The molecule has 0 aliphatic heterocycles. The normalized spacial score (nSPS) is 11.2. The van der Waals surface area contributed by atoms with Crippen molar-refractivity contribution in [2.75, 3.05) is 26.2 Å². The average Bonchev–Trinajstić information content (AvgIpc) is 2.62. The number of hydrogen-bond acceptors (Lipinski definition) is 3. The summed E-state index contributed by atoms with van der Waals surface area (Å²) in [6, 6.07) is 12.2. The van der Waals surface area contributed by atoms with Crippen LogP contribution in [0, 0.1) is 13.8 Å². The Hall–Kier alpha value is -2.56. The zero-order valence-electron chi connectivity index (χ0n) is 15.4. The van der Waals surface area contributed by atoms with E-state index in [9.17, 15) is 0 Å². The monoisotopic (exact) mass is 340 g/mol. The van der Waals surface area contributed by atoms with Gasteiger partial charge in [0.2, 0.25) is 0 Å². The number of benzene rings is 1. The summed E-state index contributed by atoms with van der Waals surface area (Å²) in [7, 11) is 0. The van der Waals surface area contributed by atoms with E-state index in [2.05, 4.69) is 40.5 Å². The van der Waals surface area contributed by atoms with Gasteiger partial charge in [-0.3, -0.25) is 9.98 Å². The maximum absolute atomic E-state index is 5.72. The third-order valence-corrected chi connectivity index (χ3v) is 3.67. The van der Waals surface area contributed by atoms with Gasteiger partial charge in [0.15, 0.2) is 5.96 Å². The first-order valence-corrected chi connectivity index (χ1v) is 8.80. The zero-order chi connectivity index (χ0) is 17.9. The molecule has 5 nitrogen and oxygen atoms in total. The van der Waals surface area contributed by atoms with Crippen molar-refractivity contribution in [1.29, 1.82) is 0 Å². The van der Waals surface area contributed by atoms with Crippen molar-refractivity contribution in [3.8, 4) is 5.75 Å². The van der Waals surface area contributed by atoms with E-state index in [-0.39, 0.29) is 0 Å². The number of aryl methyl sites for hydroxylation is 2. The molecule has 0 unspecified atom stereocenters. The standard InChI is InChI=1S/C20H28N4O/c1-4-21-20(22-12-11-18-8-7-17(3)24-15-18)23-13-14-25-19-9-5-16(2)6-10-19/h5-10,15H,4,11-14H2,1-3H3,(H2,21,22,23). The van der Waals surface area contributed by atoms with Gasteiger partial charge in [0.1, 0.15) is 12.4 Å². The second kappa shape index (κ2) is 10.3. The highest BCUT2D eigenvalue weighted by Gasteiger charge is 1.99. The van der Waals surface area contributed by atoms with Crippen molar-refractivity contribution in [2.45, 2.75) is 27.2 Å². The van der Waals surface area contributed by atoms with Crippen LogP contribution in [0.25, 0.3) is 0 Å². The largest absolute Gasteiger partial charge is 0.492 e. The Labute approximate surface area is 150 Å². The van der Waals surface area contributed by atoms with Crippen LogP contribution in [0.15, 0.2) is 47.6 Å². The van der Waals surface area contributed by atoms with Crippen LogP contribution < -0.4 is 15.4 Å². The fourth-order valence-electron chi connectivity index (χ4n) is 2.26. The van der Waals surface area contributed by atoms with E-state index >= 15 is 0 Å². The summed E-state index contributed by atoms with van der Waals surface area (Å²) >= 11 is 0. The van der Waals surface area contributed by atoms with E-state index in [4.69, 9.17) is 4.74 Å². The van der Waals surface area contributed by atoms with Gasteiger partial charge in [-0.25, -0.2) is 0 Å². The number of nitrogens with one attached hydrogen (secondary N) is 2. The van der Waals surface area contributed by atoms with Gasteiger partial charge >= 0.3 is 0 Å². The van der Waals surface area contributed by atoms with Gasteiger partial charge in [0, 0.05) is 25.0 Å². The lowest BCUT2D eigenvalue weighted by atomic mass is 10.2. The minimum atomic E-state index is 0.593. The van der Waals surface area contributed by atoms with Crippen LogP contribution in [0.4, 0.5) is 0 Å². The fourth-order valence-corrected chi connectivity index (χ4v) is 2.26. The van der Waals surface area contributed by atoms with Gasteiger partial charge in [-0.15, -0.1) is 0 Å². The highest BCUT2D eigenvalue weighted by Crippen LogP contribution is 2.10. The molecule has 134 valence electrons. The van der Waals surface area contributed by atoms with E-state index < -0.39 is 0 Å². The van der Waals surface area contributed by atoms with Gasteiger partial charge in [-0.05, 0) is 51.0 Å². The van der Waals surface area contributed by atoms with Crippen molar-refractivity contribution < 1.29 is 4.74 Å². The van der Waals surface area contributed by atoms with Crippen molar-refractivity contribution in [3.63, 3.8) is 0 Å². The van der Waals surface area contributed by atoms with Gasteiger partial charge < -0.3 is 15.4 Å². The Morgan fingerprint density at radius 3 is 2.56 bits per heavy atom. The highest BCUT2D eigenvalue weighted by atomic mass is 16.5. The molecule has 0 amide bonds. The number of pyridine rings is 1. The van der Waals surface area contributed by atoms with Crippen molar-refractivity contribution in [1.82, 2.24) is 15.6 Å². The molecule has 25 heavy (non-hydrogen) atoms. The van der Waals surface area contributed by atoms with E-state index in [0.717, 1.165) is 36.9 Å². The molecule has 0 saturated carbocycles. The Morgan fingerprint density at radius 1 is 1.08 bits per heavy atom. The summed E-state index contributed by atoms with van der Waals surface area (Å²) in [6.07, 6.45) is 2.80. The summed E-state index contributed by atoms with van der Waals surface area (Å²) in [4.78, 5) is 8.91. The molecule has 0 bridgehead atoms. The molecular weight excluding hydrogens is 312 g/mol. The lowest BCUT2D eigenvalue weighted by molar-refractivity contribution is 0.322. The van der Waals surface area contributed by atoms with Crippen LogP contribution in [0.2, 0.25) is 0 Å². The molecule has 1 aromatic carbocycles. The third-order valence-electron chi connectivity index (χ3n) is 3.67. The summed E-state index contributed by atoms with van der Waals surface area (Å²) in [6.45, 7) is 8.96. The molecule has 2 aromatic rings. The molecule has 0 aliphatic carbocycles. The maximum Gasteiger partial charge on any atom is 0.191 e. The predicted octanol–water partition coefficient (Wildman–Crippen LogP) is 2.88. The number of aromatic nitrogens is 1. The molecule has 0 atom stereocenters. The second-order valence-electron chi connectivity index (χ2n) is 5.91. The van der Waals surface area contributed by atoms with Crippen LogP contribution in [0.5, 0.6) is 5.75 Å². The van der Waals surface area contributed by atoms with Crippen LogP contribution >= 0.6 is 0 Å². The first-order valence-electron chi connectivity index (χ1n) is 8.80. The molecular formula is C20H28N4O. The first-order chi connectivity index (χ1) is 12.2. The Kier molecular flexibility index (Phi) is 7.76. The average molecular weight is 340 g/mol. The van der Waals surface area contributed by atoms with E-state index in [0.29, 0.717) is 13.2 Å². The second-order valence-corrected chi connectivity index (χ2v) is 5.91. The number of guanidine groups is 1. The lowest BCUT2D eigenvalue weighted by Crippen LogP contribution is -2.39. The van der Waals surface area contributed by atoms with Crippen LogP contribution in [-0.4, -0.2) is 37.2 Å². The highest BCUT2D eigenvalue weighted by molar-refractivity contribution is 5.79. The van der Waals surface area contributed by atoms with Crippen LogP contribution in [-0.2, 0) is 6.42 Å². The molecule has 0 radical (unpaired) electrons. The van der Waals surface area contributed by atoms with Gasteiger partial charge in [-0.2, -0.15) is 0 Å². The minimum absolute atomic E-state index is 0.593. The number of nitrogens with zero attached hydrogens (tertiary/aromatic N) is 2. The van der Waals surface area contributed by atoms with Crippen LogP contribution in [0.1, 0.15) is 23.7 Å². The minimum Gasteiger partial charge on any atom is -0.492 e. The van der Waals surface area contributed by atoms with Gasteiger partial charge in [-0.1, -0.05) is 23.8 Å². The molecule has 0 aliphatic rings. The molecule has 1 aromatic heterocycles. The number of aliphatic imine (C=N–C) groups is 1. The number of hydrogen-bond donors (Lipinski definition) is 2. The van der Waals surface area contributed by atoms with Crippen molar-refractivity contribution in [3.05, 3.63) is 59.4 Å². The maximum atomic E-state index is 5.72. The predicted molar refractivity (Wildman–Crippen MR) is 103 cm³/mol. The molecule has 0 saturated heterocycles. The summed E-state index contributed by atoms with van der Waals surface area (Å²) in [5.41, 5.74) is 3.47. The van der Waals surface area contributed by atoms with E-state index in [1.807, 2.05) is 43.5 Å². The SMILES string of the molecule is CCNC(=NCCc1ccc(C)nc1)NCCOc1ccc(C)cc1. The molecule has 5 heteroatoms. The van der Waals surface area contributed by atoms with Gasteiger partial charge in [0.25, 0.3) is 0 Å². The van der Waals surface area contributed by atoms with Gasteiger partial charge in [0.05, 0.1) is 6.54 Å². The fraction of sp³-hybridized carbons (Fsp3) is 0.400. The summed E-state index contributed by atoms with van der Waals surface area (Å²) in [5, 5.41) is 6.55. The Morgan fingerprint density at radius 2 is 1.88 bits per heavy atom. The zero-order valence-corrected chi connectivity index (χ0v) is 15.4. The molecule has 0 fully saturated rings. The summed E-state index contributed by atoms with van der Waals surface area (Å²) in [5.74, 6) is 1.70. The Balaban J connectivity index is 1.73. The summed E-state index contributed by atoms with van der Waals surface area (Å²) < 4.78 is 5.72. The third kappa shape index (κ3) is 7.25.